The maximum Gasteiger partial charge on any atom is 0.278 e. The molecule has 1 aliphatic rings. The fourth-order valence-corrected chi connectivity index (χ4v) is 3.32. The smallest absolute Gasteiger partial charge is 0.278 e. The second-order valence-corrected chi connectivity index (χ2v) is 7.40. The highest BCUT2D eigenvalue weighted by molar-refractivity contribution is 6.30. The fourth-order valence-electron chi connectivity index (χ4n) is 3.07. The number of anilines is 1. The van der Waals surface area contributed by atoms with Crippen LogP contribution in [0.15, 0.2) is 71.8 Å². The first-order valence-corrected chi connectivity index (χ1v) is 9.61. The van der Waals surface area contributed by atoms with E-state index in [1.165, 1.54) is 23.2 Å². The lowest BCUT2D eigenvalue weighted by molar-refractivity contribution is -0.384. The largest absolute Gasteiger partial charge is 0.359 e. The van der Waals surface area contributed by atoms with Crippen LogP contribution in [-0.4, -0.2) is 22.1 Å². The Balaban J connectivity index is 1.76. The van der Waals surface area contributed by atoms with Crippen molar-refractivity contribution in [3.8, 4) is 0 Å². The summed E-state index contributed by atoms with van der Waals surface area (Å²) in [6.45, 7) is 0. The summed E-state index contributed by atoms with van der Waals surface area (Å²) >= 11 is 11.9. The maximum atomic E-state index is 13.2. The van der Waals surface area contributed by atoms with Crippen molar-refractivity contribution < 1.29 is 9.72 Å². The van der Waals surface area contributed by atoms with Crippen molar-refractivity contribution in [2.75, 3.05) is 5.32 Å². The zero-order valence-corrected chi connectivity index (χ0v) is 16.8. The maximum absolute atomic E-state index is 13.2. The van der Waals surface area contributed by atoms with Gasteiger partial charge in [-0.05, 0) is 41.5 Å². The van der Waals surface area contributed by atoms with E-state index in [1.54, 1.807) is 54.7 Å². The van der Waals surface area contributed by atoms with E-state index in [1.807, 2.05) is 0 Å². The minimum atomic E-state index is -0.673. The summed E-state index contributed by atoms with van der Waals surface area (Å²) in [5.41, 5.74) is 2.03. The van der Waals surface area contributed by atoms with Crippen molar-refractivity contribution in [3.05, 3.63) is 104 Å². The third-order valence-corrected chi connectivity index (χ3v) is 5.08. The van der Waals surface area contributed by atoms with E-state index in [9.17, 15) is 14.9 Å². The van der Waals surface area contributed by atoms with Gasteiger partial charge in [0, 0.05) is 22.2 Å². The molecule has 150 valence electrons. The molecule has 4 rings (SSSR count). The molecule has 1 N–H and O–H groups in total. The number of nitrogens with one attached hydrogen (secondary N) is 1. The molecule has 1 amide bonds. The standard InChI is InChI=1S/C21H14Cl2N4O3/c22-15-5-1-13(2-6-15)12-24-26-20(14-3-7-16(23)8-4-14)25-19-11-17(27(29)30)9-10-18(19)21(26)28/h1-12,20,25H. The van der Waals surface area contributed by atoms with Gasteiger partial charge in [0.25, 0.3) is 11.6 Å². The van der Waals surface area contributed by atoms with E-state index in [4.69, 9.17) is 23.2 Å². The number of carbonyl (C=O) groups excluding carboxylic acids is 1. The van der Waals surface area contributed by atoms with Crippen LogP contribution in [0.5, 0.6) is 0 Å². The average molecular weight is 441 g/mol. The van der Waals surface area contributed by atoms with Crippen LogP contribution >= 0.6 is 23.2 Å². The highest BCUT2D eigenvalue weighted by atomic mass is 35.5. The van der Waals surface area contributed by atoms with Crippen molar-refractivity contribution in [2.24, 2.45) is 5.10 Å². The summed E-state index contributed by atoms with van der Waals surface area (Å²) in [4.78, 5) is 23.8. The van der Waals surface area contributed by atoms with Crippen LogP contribution in [0, 0.1) is 10.1 Å². The van der Waals surface area contributed by atoms with Gasteiger partial charge >= 0.3 is 0 Å². The van der Waals surface area contributed by atoms with Gasteiger partial charge in [0.15, 0.2) is 6.17 Å². The SMILES string of the molecule is O=C1c2ccc([N+](=O)[O-])cc2NC(c2ccc(Cl)cc2)N1N=Cc1ccc(Cl)cc1. The number of carbonyl (C=O) groups is 1. The van der Waals surface area contributed by atoms with Gasteiger partial charge in [-0.25, -0.2) is 5.01 Å². The predicted octanol–water partition coefficient (Wildman–Crippen LogP) is 5.50. The molecule has 0 fully saturated rings. The Morgan fingerprint density at radius 2 is 1.63 bits per heavy atom. The number of halogens is 2. The second-order valence-electron chi connectivity index (χ2n) is 6.53. The van der Waals surface area contributed by atoms with Crippen molar-refractivity contribution in [1.29, 1.82) is 0 Å². The number of hydrazone groups is 1. The lowest BCUT2D eigenvalue weighted by atomic mass is 10.0. The quantitative estimate of drug-likeness (QED) is 0.329. The molecule has 1 aliphatic heterocycles. The Kier molecular flexibility index (Phi) is 5.39. The minimum Gasteiger partial charge on any atom is -0.359 e. The number of rotatable bonds is 4. The molecule has 9 heteroatoms. The number of nitro groups is 1. The molecule has 0 saturated heterocycles. The third-order valence-electron chi connectivity index (χ3n) is 4.58. The number of hydrogen-bond donors (Lipinski definition) is 1. The summed E-state index contributed by atoms with van der Waals surface area (Å²) < 4.78 is 0. The first-order valence-electron chi connectivity index (χ1n) is 8.86. The molecule has 30 heavy (non-hydrogen) atoms. The molecular weight excluding hydrogens is 427 g/mol. The van der Waals surface area contributed by atoms with E-state index < -0.39 is 11.1 Å². The third kappa shape index (κ3) is 3.98. The van der Waals surface area contributed by atoms with Gasteiger partial charge in [-0.2, -0.15) is 5.10 Å². The first-order chi connectivity index (χ1) is 14.4. The Morgan fingerprint density at radius 3 is 2.27 bits per heavy atom. The van der Waals surface area contributed by atoms with Crippen LogP contribution in [-0.2, 0) is 0 Å². The number of non-ortho nitro benzene ring substituents is 1. The molecule has 0 bridgehead atoms. The average Bonchev–Trinajstić information content (AvgIpc) is 2.74. The van der Waals surface area contributed by atoms with Crippen molar-refractivity contribution in [3.63, 3.8) is 0 Å². The van der Waals surface area contributed by atoms with Gasteiger partial charge in [0.1, 0.15) is 0 Å². The van der Waals surface area contributed by atoms with Crippen LogP contribution < -0.4 is 5.32 Å². The van der Waals surface area contributed by atoms with Gasteiger partial charge in [-0.15, -0.1) is 0 Å². The number of nitrogens with zero attached hydrogens (tertiary/aromatic N) is 3. The Labute approximate surface area is 181 Å². The Hall–Kier alpha value is -3.42. The fraction of sp³-hybridized carbons (Fsp3) is 0.0476. The van der Waals surface area contributed by atoms with Crippen molar-refractivity contribution in [2.45, 2.75) is 6.17 Å². The van der Waals surface area contributed by atoms with Gasteiger partial charge in [0.05, 0.1) is 22.4 Å². The molecule has 1 heterocycles. The summed E-state index contributed by atoms with van der Waals surface area (Å²) in [6.07, 6.45) is 0.877. The lowest BCUT2D eigenvalue weighted by Gasteiger charge is -2.34. The van der Waals surface area contributed by atoms with Crippen LogP contribution in [0.2, 0.25) is 10.0 Å². The van der Waals surface area contributed by atoms with E-state index in [-0.39, 0.29) is 11.6 Å². The van der Waals surface area contributed by atoms with Crippen LogP contribution in [0.1, 0.15) is 27.7 Å². The molecule has 1 atom stereocenters. The van der Waals surface area contributed by atoms with Crippen molar-refractivity contribution in [1.82, 2.24) is 5.01 Å². The van der Waals surface area contributed by atoms with Gasteiger partial charge in [0.2, 0.25) is 0 Å². The summed E-state index contributed by atoms with van der Waals surface area (Å²) in [7, 11) is 0. The monoisotopic (exact) mass is 440 g/mol. The molecule has 0 radical (unpaired) electrons. The zero-order valence-electron chi connectivity index (χ0n) is 15.3. The minimum absolute atomic E-state index is 0.109. The first kappa shape index (κ1) is 19.9. The number of nitro benzene ring substituents is 1. The van der Waals surface area contributed by atoms with E-state index in [0.29, 0.717) is 21.3 Å². The highest BCUT2D eigenvalue weighted by Gasteiger charge is 2.34. The van der Waals surface area contributed by atoms with Gasteiger partial charge < -0.3 is 5.32 Å². The predicted molar refractivity (Wildman–Crippen MR) is 116 cm³/mol. The number of amides is 1. The van der Waals surface area contributed by atoms with Crippen LogP contribution in [0.4, 0.5) is 11.4 Å². The number of fused-ring (bicyclic) bond motifs is 1. The van der Waals surface area contributed by atoms with Crippen molar-refractivity contribution >= 4 is 46.7 Å². The van der Waals surface area contributed by atoms with E-state index >= 15 is 0 Å². The zero-order chi connectivity index (χ0) is 21.3. The van der Waals surface area contributed by atoms with Crippen LogP contribution in [0.25, 0.3) is 0 Å². The molecule has 0 aliphatic carbocycles. The molecule has 0 spiro atoms. The molecule has 1 unspecified atom stereocenters. The van der Waals surface area contributed by atoms with Crippen LogP contribution in [0.3, 0.4) is 0 Å². The van der Waals surface area contributed by atoms with Gasteiger partial charge in [-0.3, -0.25) is 14.9 Å². The summed E-state index contributed by atoms with van der Waals surface area (Å²) in [5.74, 6) is -0.385. The van der Waals surface area contributed by atoms with E-state index in [2.05, 4.69) is 10.4 Å². The number of hydrogen-bond acceptors (Lipinski definition) is 5. The van der Waals surface area contributed by atoms with Gasteiger partial charge in [-0.1, -0.05) is 47.5 Å². The molecule has 0 aromatic heterocycles. The normalized spacial score (nSPS) is 15.7. The summed E-state index contributed by atoms with van der Waals surface area (Å²) in [5, 5.41) is 21.1. The topological polar surface area (TPSA) is 87.8 Å². The lowest BCUT2D eigenvalue weighted by Crippen LogP contribution is -2.39. The molecule has 3 aromatic rings. The highest BCUT2D eigenvalue weighted by Crippen LogP contribution is 2.35. The van der Waals surface area contributed by atoms with E-state index in [0.717, 1.165) is 11.1 Å². The Bertz CT molecular complexity index is 1150. The summed E-state index contributed by atoms with van der Waals surface area (Å²) in [6, 6.07) is 18.0. The Morgan fingerprint density at radius 1 is 1.00 bits per heavy atom. The molecule has 0 saturated carbocycles. The molecular formula is C21H14Cl2N4O3. The second kappa shape index (κ2) is 8.14. The molecule has 3 aromatic carbocycles. The number of benzene rings is 3. The molecule has 7 nitrogen and oxygen atoms in total.